The summed E-state index contributed by atoms with van der Waals surface area (Å²) < 4.78 is 1.98. The van der Waals surface area contributed by atoms with Crippen LogP contribution < -0.4 is 0 Å². The van der Waals surface area contributed by atoms with Gasteiger partial charge in [-0.05, 0) is 26.2 Å². The molecule has 0 atom stereocenters. The summed E-state index contributed by atoms with van der Waals surface area (Å²) >= 11 is 0. The van der Waals surface area contributed by atoms with Crippen molar-refractivity contribution < 1.29 is 4.79 Å². The number of ketones is 1. The zero-order chi connectivity index (χ0) is 12.4. The van der Waals surface area contributed by atoms with E-state index in [4.69, 9.17) is 0 Å². The molecule has 1 aromatic heterocycles. The Kier molecular flexibility index (Phi) is 3.29. The molecule has 0 saturated heterocycles. The molecule has 0 spiro atoms. The number of aryl methyl sites for hydroxylation is 1. The lowest BCUT2D eigenvalue weighted by molar-refractivity contribution is 0.0965. The number of carbonyl (C=O) groups excluding carboxylic acids is 1. The number of rotatable bonds is 4. The minimum absolute atomic E-state index is 0.206. The van der Waals surface area contributed by atoms with E-state index in [0.717, 1.165) is 23.1 Å². The highest BCUT2D eigenvalue weighted by atomic mass is 16.1. The number of hydrogen-bond donors (Lipinski definition) is 0. The normalized spacial score (nSPS) is 11.3. The monoisotopic (exact) mass is 230 g/mol. The Morgan fingerprint density at radius 3 is 2.65 bits per heavy atom. The van der Waals surface area contributed by atoms with Crippen LogP contribution in [0.25, 0.3) is 10.9 Å². The van der Waals surface area contributed by atoms with E-state index < -0.39 is 0 Å². The zero-order valence-electron chi connectivity index (χ0n) is 10.6. The highest BCUT2D eigenvalue weighted by molar-refractivity contribution is 6.00. The largest absolute Gasteiger partial charge is 0.341 e. The van der Waals surface area contributed by atoms with Gasteiger partial charge < -0.3 is 9.47 Å². The molecule has 0 amide bonds. The number of fused-ring (bicyclic) bond motifs is 1. The van der Waals surface area contributed by atoms with Crippen LogP contribution in [-0.2, 0) is 7.05 Å². The predicted octanol–water partition coefficient (Wildman–Crippen LogP) is 2.31. The van der Waals surface area contributed by atoms with E-state index in [1.54, 1.807) is 0 Å². The number of Topliss-reactive ketones (excluding diaryl/α,β-unsaturated/α-hetero) is 1. The number of benzene rings is 1. The van der Waals surface area contributed by atoms with E-state index in [1.165, 1.54) is 0 Å². The summed E-state index contributed by atoms with van der Waals surface area (Å²) in [6, 6.07) is 10.1. The lowest BCUT2D eigenvalue weighted by Crippen LogP contribution is -2.17. The number of aromatic nitrogens is 1. The molecule has 0 aliphatic rings. The standard InChI is InChI=1S/C14H18N2O/c1-15(2)9-8-14(17)13-10-11-6-4-5-7-12(11)16(13)3/h4-7,10H,8-9H2,1-3H3. The van der Waals surface area contributed by atoms with Gasteiger partial charge in [0.2, 0.25) is 0 Å². The van der Waals surface area contributed by atoms with Crippen LogP contribution in [0.15, 0.2) is 30.3 Å². The van der Waals surface area contributed by atoms with Crippen molar-refractivity contribution in [2.45, 2.75) is 6.42 Å². The molecule has 0 fully saturated rings. The molecule has 90 valence electrons. The molecule has 0 bridgehead atoms. The molecular formula is C14H18N2O. The SMILES string of the molecule is CN(C)CCC(=O)c1cc2ccccc2n1C. The molecule has 0 aliphatic carbocycles. The maximum atomic E-state index is 12.1. The van der Waals surface area contributed by atoms with E-state index >= 15 is 0 Å². The van der Waals surface area contributed by atoms with Gasteiger partial charge >= 0.3 is 0 Å². The van der Waals surface area contributed by atoms with Gasteiger partial charge in [0.1, 0.15) is 0 Å². The second kappa shape index (κ2) is 4.72. The fourth-order valence-corrected chi connectivity index (χ4v) is 2.01. The van der Waals surface area contributed by atoms with Crippen molar-refractivity contribution in [2.24, 2.45) is 7.05 Å². The summed E-state index contributed by atoms with van der Waals surface area (Å²) in [5, 5.41) is 1.13. The average molecular weight is 230 g/mol. The molecule has 17 heavy (non-hydrogen) atoms. The quantitative estimate of drug-likeness (QED) is 0.753. The first-order valence-corrected chi connectivity index (χ1v) is 5.82. The van der Waals surface area contributed by atoms with Crippen molar-refractivity contribution in [3.8, 4) is 0 Å². The molecule has 3 nitrogen and oxygen atoms in total. The van der Waals surface area contributed by atoms with E-state index in [0.29, 0.717) is 6.42 Å². The Balaban J connectivity index is 2.29. The van der Waals surface area contributed by atoms with Crippen LogP contribution in [0.3, 0.4) is 0 Å². The summed E-state index contributed by atoms with van der Waals surface area (Å²) in [7, 11) is 5.91. The second-order valence-electron chi connectivity index (χ2n) is 4.62. The molecule has 1 aromatic carbocycles. The Bertz CT molecular complexity index is 540. The maximum Gasteiger partial charge on any atom is 0.180 e. The summed E-state index contributed by atoms with van der Waals surface area (Å²) in [6.07, 6.45) is 0.567. The van der Waals surface area contributed by atoms with E-state index in [1.807, 2.05) is 60.9 Å². The van der Waals surface area contributed by atoms with Gasteiger partial charge in [-0.1, -0.05) is 18.2 Å². The van der Waals surface area contributed by atoms with Gasteiger partial charge in [0.25, 0.3) is 0 Å². The van der Waals surface area contributed by atoms with Gasteiger partial charge in [0.15, 0.2) is 5.78 Å². The van der Waals surface area contributed by atoms with Gasteiger partial charge in [0.05, 0.1) is 5.69 Å². The number of carbonyl (C=O) groups is 1. The summed E-state index contributed by atoms with van der Waals surface area (Å²) in [4.78, 5) is 14.1. The molecule has 0 saturated carbocycles. The van der Waals surface area contributed by atoms with Crippen LogP contribution in [0, 0.1) is 0 Å². The zero-order valence-corrected chi connectivity index (χ0v) is 10.6. The summed E-state index contributed by atoms with van der Waals surface area (Å²) in [6.45, 7) is 0.792. The van der Waals surface area contributed by atoms with Crippen LogP contribution in [0.4, 0.5) is 0 Å². The Labute approximate surface area is 102 Å². The lowest BCUT2D eigenvalue weighted by Gasteiger charge is -2.08. The van der Waals surface area contributed by atoms with Crippen LogP contribution >= 0.6 is 0 Å². The van der Waals surface area contributed by atoms with Crippen molar-refractivity contribution in [2.75, 3.05) is 20.6 Å². The molecule has 3 heteroatoms. The van der Waals surface area contributed by atoms with Gasteiger partial charge in [-0.15, -0.1) is 0 Å². The Morgan fingerprint density at radius 2 is 2.00 bits per heavy atom. The molecule has 0 N–H and O–H groups in total. The number of hydrogen-bond acceptors (Lipinski definition) is 2. The van der Waals surface area contributed by atoms with E-state index in [2.05, 4.69) is 0 Å². The highest BCUT2D eigenvalue weighted by Gasteiger charge is 2.12. The molecule has 0 aliphatic heterocycles. The Morgan fingerprint density at radius 1 is 1.29 bits per heavy atom. The molecule has 2 rings (SSSR count). The van der Waals surface area contributed by atoms with Crippen LogP contribution in [0.2, 0.25) is 0 Å². The first kappa shape index (κ1) is 11.9. The first-order chi connectivity index (χ1) is 8.09. The smallest absolute Gasteiger partial charge is 0.180 e. The van der Waals surface area contributed by atoms with Gasteiger partial charge in [-0.3, -0.25) is 4.79 Å². The van der Waals surface area contributed by atoms with Crippen molar-refractivity contribution in [1.82, 2.24) is 9.47 Å². The van der Waals surface area contributed by atoms with Crippen molar-refractivity contribution in [3.63, 3.8) is 0 Å². The molecular weight excluding hydrogens is 212 g/mol. The third-order valence-corrected chi connectivity index (χ3v) is 3.02. The van der Waals surface area contributed by atoms with Crippen molar-refractivity contribution in [3.05, 3.63) is 36.0 Å². The first-order valence-electron chi connectivity index (χ1n) is 5.82. The molecule has 0 radical (unpaired) electrons. The molecule has 1 heterocycles. The number of para-hydroxylation sites is 1. The van der Waals surface area contributed by atoms with E-state index in [-0.39, 0.29) is 5.78 Å². The van der Waals surface area contributed by atoms with E-state index in [9.17, 15) is 4.79 Å². The van der Waals surface area contributed by atoms with Gasteiger partial charge in [-0.25, -0.2) is 0 Å². The van der Waals surface area contributed by atoms with Gasteiger partial charge in [-0.2, -0.15) is 0 Å². The van der Waals surface area contributed by atoms with Crippen molar-refractivity contribution in [1.29, 1.82) is 0 Å². The summed E-state index contributed by atoms with van der Waals surface area (Å²) in [5.41, 5.74) is 1.91. The minimum Gasteiger partial charge on any atom is -0.341 e. The Hall–Kier alpha value is -1.61. The van der Waals surface area contributed by atoms with Gasteiger partial charge in [0, 0.05) is 30.9 Å². The lowest BCUT2D eigenvalue weighted by atomic mass is 10.2. The third-order valence-electron chi connectivity index (χ3n) is 3.02. The topological polar surface area (TPSA) is 25.2 Å². The van der Waals surface area contributed by atoms with Crippen LogP contribution in [0.5, 0.6) is 0 Å². The molecule has 2 aromatic rings. The fraction of sp³-hybridized carbons (Fsp3) is 0.357. The highest BCUT2D eigenvalue weighted by Crippen LogP contribution is 2.19. The minimum atomic E-state index is 0.206. The van der Waals surface area contributed by atoms with Crippen molar-refractivity contribution >= 4 is 16.7 Å². The summed E-state index contributed by atoms with van der Waals surface area (Å²) in [5.74, 6) is 0.206. The number of nitrogens with zero attached hydrogens (tertiary/aromatic N) is 2. The fourth-order valence-electron chi connectivity index (χ4n) is 2.01. The van der Waals surface area contributed by atoms with Crippen LogP contribution in [-0.4, -0.2) is 35.9 Å². The maximum absolute atomic E-state index is 12.1. The third kappa shape index (κ3) is 2.39. The van der Waals surface area contributed by atoms with Crippen LogP contribution in [0.1, 0.15) is 16.9 Å². The predicted molar refractivity (Wildman–Crippen MR) is 70.4 cm³/mol. The average Bonchev–Trinajstić information content (AvgIpc) is 2.64. The second-order valence-corrected chi connectivity index (χ2v) is 4.62. The molecule has 0 unspecified atom stereocenters.